The number of hydrogen-bond acceptors (Lipinski definition) is 4. The Bertz CT molecular complexity index is 430. The summed E-state index contributed by atoms with van der Waals surface area (Å²) in [7, 11) is 0. The SMILES string of the molecule is CCOC(=O)C(=O)c1ccc(C2CCOC2)cc1. The van der Waals surface area contributed by atoms with Crippen molar-refractivity contribution in [1.82, 2.24) is 0 Å². The van der Waals surface area contributed by atoms with Gasteiger partial charge in [-0.3, -0.25) is 4.79 Å². The van der Waals surface area contributed by atoms with Gasteiger partial charge in [-0.15, -0.1) is 0 Å². The molecule has 1 aliphatic rings. The number of hydrogen-bond donors (Lipinski definition) is 0. The highest BCUT2D eigenvalue weighted by Crippen LogP contribution is 2.25. The Balaban J connectivity index is 2.07. The number of ketones is 1. The van der Waals surface area contributed by atoms with E-state index in [0.29, 0.717) is 11.5 Å². The van der Waals surface area contributed by atoms with Gasteiger partial charge in [-0.25, -0.2) is 4.79 Å². The lowest BCUT2D eigenvalue weighted by molar-refractivity contribution is -0.137. The topological polar surface area (TPSA) is 52.6 Å². The van der Waals surface area contributed by atoms with E-state index in [1.807, 2.05) is 12.1 Å². The van der Waals surface area contributed by atoms with Crippen LogP contribution in [0.2, 0.25) is 0 Å². The minimum Gasteiger partial charge on any atom is -0.460 e. The summed E-state index contributed by atoms with van der Waals surface area (Å²) in [6.07, 6.45) is 1.01. The summed E-state index contributed by atoms with van der Waals surface area (Å²) < 4.78 is 10.00. The van der Waals surface area contributed by atoms with Crippen molar-refractivity contribution in [3.8, 4) is 0 Å². The van der Waals surface area contributed by atoms with Gasteiger partial charge in [0.05, 0.1) is 13.2 Å². The molecule has 1 aliphatic heterocycles. The number of benzene rings is 1. The molecule has 18 heavy (non-hydrogen) atoms. The smallest absolute Gasteiger partial charge is 0.379 e. The molecule has 0 aromatic heterocycles. The van der Waals surface area contributed by atoms with Gasteiger partial charge in [0, 0.05) is 18.1 Å². The van der Waals surface area contributed by atoms with E-state index in [0.717, 1.165) is 25.2 Å². The molecule has 0 bridgehead atoms. The molecule has 1 heterocycles. The van der Waals surface area contributed by atoms with Crippen molar-refractivity contribution in [2.24, 2.45) is 0 Å². The van der Waals surface area contributed by atoms with Crippen molar-refractivity contribution in [3.05, 3.63) is 35.4 Å². The van der Waals surface area contributed by atoms with E-state index in [9.17, 15) is 9.59 Å². The van der Waals surface area contributed by atoms with Crippen LogP contribution < -0.4 is 0 Å². The van der Waals surface area contributed by atoms with Crippen molar-refractivity contribution in [3.63, 3.8) is 0 Å². The largest absolute Gasteiger partial charge is 0.460 e. The maximum absolute atomic E-state index is 11.7. The molecule has 0 aliphatic carbocycles. The summed E-state index contributed by atoms with van der Waals surface area (Å²) in [5.41, 5.74) is 1.52. The molecule has 4 nitrogen and oxygen atoms in total. The average molecular weight is 248 g/mol. The summed E-state index contributed by atoms with van der Waals surface area (Å²) in [6, 6.07) is 7.11. The molecule has 1 aromatic rings. The van der Waals surface area contributed by atoms with Crippen molar-refractivity contribution in [2.75, 3.05) is 19.8 Å². The van der Waals surface area contributed by atoms with Crippen molar-refractivity contribution >= 4 is 11.8 Å². The lowest BCUT2D eigenvalue weighted by atomic mass is 9.97. The van der Waals surface area contributed by atoms with Crippen LogP contribution in [0.1, 0.15) is 35.2 Å². The molecular weight excluding hydrogens is 232 g/mol. The van der Waals surface area contributed by atoms with E-state index in [1.54, 1.807) is 19.1 Å². The molecule has 1 atom stereocenters. The van der Waals surface area contributed by atoms with Crippen LogP contribution in [0.5, 0.6) is 0 Å². The fraction of sp³-hybridized carbons (Fsp3) is 0.429. The van der Waals surface area contributed by atoms with E-state index in [2.05, 4.69) is 4.74 Å². The second kappa shape index (κ2) is 5.78. The zero-order valence-electron chi connectivity index (χ0n) is 10.3. The first-order valence-electron chi connectivity index (χ1n) is 6.11. The zero-order valence-corrected chi connectivity index (χ0v) is 10.3. The first-order chi connectivity index (χ1) is 8.72. The second-order valence-corrected chi connectivity index (χ2v) is 4.23. The molecule has 1 aromatic carbocycles. The van der Waals surface area contributed by atoms with Crippen LogP contribution in [-0.2, 0) is 14.3 Å². The van der Waals surface area contributed by atoms with E-state index in [-0.39, 0.29) is 6.61 Å². The molecule has 4 heteroatoms. The minimum atomic E-state index is -0.797. The lowest BCUT2D eigenvalue weighted by Crippen LogP contribution is -2.17. The quantitative estimate of drug-likeness (QED) is 0.464. The van der Waals surface area contributed by atoms with E-state index in [1.165, 1.54) is 0 Å². The molecule has 1 unspecified atom stereocenters. The molecule has 1 fully saturated rings. The molecule has 0 spiro atoms. The monoisotopic (exact) mass is 248 g/mol. The average Bonchev–Trinajstić information content (AvgIpc) is 2.92. The number of esters is 1. The summed E-state index contributed by atoms with van der Waals surface area (Å²) in [4.78, 5) is 23.0. The molecule has 0 saturated carbocycles. The Hall–Kier alpha value is -1.68. The fourth-order valence-electron chi connectivity index (χ4n) is 2.02. The first kappa shape index (κ1) is 12.8. The van der Waals surface area contributed by atoms with E-state index < -0.39 is 11.8 Å². The zero-order chi connectivity index (χ0) is 13.0. The van der Waals surface area contributed by atoms with Gasteiger partial charge >= 0.3 is 5.97 Å². The van der Waals surface area contributed by atoms with Crippen LogP contribution in [0.4, 0.5) is 0 Å². The number of rotatable bonds is 4. The van der Waals surface area contributed by atoms with Gasteiger partial charge in [0.1, 0.15) is 0 Å². The third-order valence-corrected chi connectivity index (χ3v) is 3.03. The van der Waals surface area contributed by atoms with E-state index in [4.69, 9.17) is 4.74 Å². The molecule has 0 amide bonds. The third kappa shape index (κ3) is 2.76. The van der Waals surface area contributed by atoms with Crippen molar-refractivity contribution in [1.29, 1.82) is 0 Å². The number of carbonyl (C=O) groups is 2. The molecule has 1 saturated heterocycles. The Morgan fingerprint density at radius 1 is 1.33 bits per heavy atom. The summed E-state index contributed by atoms with van der Waals surface area (Å²) >= 11 is 0. The van der Waals surface area contributed by atoms with Gasteiger partial charge in [0.2, 0.25) is 0 Å². The van der Waals surface area contributed by atoms with Gasteiger partial charge in [-0.2, -0.15) is 0 Å². The minimum absolute atomic E-state index is 0.210. The Kier molecular flexibility index (Phi) is 4.10. The highest BCUT2D eigenvalue weighted by molar-refractivity contribution is 6.40. The summed E-state index contributed by atoms with van der Waals surface area (Å²) in [6.45, 7) is 3.40. The fourth-order valence-corrected chi connectivity index (χ4v) is 2.02. The number of carbonyl (C=O) groups excluding carboxylic acids is 2. The number of ether oxygens (including phenoxy) is 2. The van der Waals surface area contributed by atoms with E-state index >= 15 is 0 Å². The molecule has 0 N–H and O–H groups in total. The van der Waals surface area contributed by atoms with Crippen LogP contribution in [0.15, 0.2) is 24.3 Å². The standard InChI is InChI=1S/C14H16O4/c1-2-18-14(16)13(15)11-5-3-10(4-6-11)12-7-8-17-9-12/h3-6,12H,2,7-9H2,1H3. The van der Waals surface area contributed by atoms with Crippen LogP contribution in [0, 0.1) is 0 Å². The Labute approximate surface area is 106 Å². The van der Waals surface area contributed by atoms with Crippen LogP contribution >= 0.6 is 0 Å². The van der Waals surface area contributed by atoms with Crippen LogP contribution in [-0.4, -0.2) is 31.6 Å². The summed E-state index contributed by atoms with van der Waals surface area (Å²) in [5.74, 6) is -0.989. The Morgan fingerprint density at radius 2 is 2.06 bits per heavy atom. The normalized spacial score (nSPS) is 18.6. The molecule has 96 valence electrons. The van der Waals surface area contributed by atoms with Crippen LogP contribution in [0.3, 0.4) is 0 Å². The second-order valence-electron chi connectivity index (χ2n) is 4.23. The maximum Gasteiger partial charge on any atom is 0.379 e. The predicted octanol–water partition coefficient (Wildman–Crippen LogP) is 1.94. The van der Waals surface area contributed by atoms with Gasteiger partial charge in [0.15, 0.2) is 0 Å². The van der Waals surface area contributed by atoms with Gasteiger partial charge in [0.25, 0.3) is 5.78 Å². The molecular formula is C14H16O4. The highest BCUT2D eigenvalue weighted by atomic mass is 16.5. The van der Waals surface area contributed by atoms with Crippen molar-refractivity contribution in [2.45, 2.75) is 19.3 Å². The number of Topliss-reactive ketones (excluding diaryl/α,β-unsaturated/α-hetero) is 1. The first-order valence-corrected chi connectivity index (χ1v) is 6.11. The predicted molar refractivity (Wildman–Crippen MR) is 65.6 cm³/mol. The van der Waals surface area contributed by atoms with Gasteiger partial charge < -0.3 is 9.47 Å². The molecule has 0 radical (unpaired) electrons. The Morgan fingerprint density at radius 3 is 2.61 bits per heavy atom. The van der Waals surface area contributed by atoms with Gasteiger partial charge in [-0.05, 0) is 18.9 Å². The van der Waals surface area contributed by atoms with Gasteiger partial charge in [-0.1, -0.05) is 24.3 Å². The summed E-state index contributed by atoms with van der Waals surface area (Å²) in [5, 5.41) is 0. The van der Waals surface area contributed by atoms with Crippen molar-refractivity contribution < 1.29 is 19.1 Å². The maximum atomic E-state index is 11.7. The highest BCUT2D eigenvalue weighted by Gasteiger charge is 2.20. The third-order valence-electron chi connectivity index (χ3n) is 3.03. The molecule has 2 rings (SSSR count). The van der Waals surface area contributed by atoms with Crippen LogP contribution in [0.25, 0.3) is 0 Å². The lowest BCUT2D eigenvalue weighted by Gasteiger charge is -2.08.